The summed E-state index contributed by atoms with van der Waals surface area (Å²) in [4.78, 5) is 25.0. The lowest BCUT2D eigenvalue weighted by Crippen LogP contribution is -2.48. The van der Waals surface area contributed by atoms with Gasteiger partial charge in [0.1, 0.15) is 12.1 Å². The Balaban J connectivity index is 1.52. The molecular formula is C21H21N5O3S. The molecule has 0 spiro atoms. The average Bonchev–Trinajstić information content (AvgIpc) is 3.42. The van der Waals surface area contributed by atoms with E-state index in [0.717, 1.165) is 12.0 Å². The molecule has 5 rings (SSSR count). The van der Waals surface area contributed by atoms with Crippen molar-refractivity contribution in [2.24, 2.45) is 0 Å². The van der Waals surface area contributed by atoms with Gasteiger partial charge in [-0.25, -0.2) is 22.4 Å². The van der Waals surface area contributed by atoms with Crippen molar-refractivity contribution in [3.05, 3.63) is 61.1 Å². The molecule has 2 aromatic heterocycles. The Bertz CT molecular complexity index is 1270. The number of hydrogen-bond acceptors (Lipinski definition) is 6. The number of amides is 1. The van der Waals surface area contributed by atoms with E-state index < -0.39 is 10.0 Å². The second-order valence-electron chi connectivity index (χ2n) is 7.66. The molecule has 0 N–H and O–H groups in total. The zero-order valence-electron chi connectivity index (χ0n) is 16.5. The van der Waals surface area contributed by atoms with Crippen LogP contribution in [0.25, 0.3) is 11.0 Å². The van der Waals surface area contributed by atoms with Gasteiger partial charge in [-0.15, -0.1) is 0 Å². The quantitative estimate of drug-likeness (QED) is 0.596. The topological polar surface area (TPSA) is 88.4 Å². The van der Waals surface area contributed by atoms with Gasteiger partial charge in [-0.05, 0) is 37.6 Å². The van der Waals surface area contributed by atoms with Crippen LogP contribution in [0.15, 0.2) is 60.4 Å². The first-order chi connectivity index (χ1) is 14.4. The molecule has 1 saturated heterocycles. The predicted octanol–water partition coefficient (Wildman–Crippen LogP) is 1.95. The second-order valence-corrected chi connectivity index (χ2v) is 9.48. The van der Waals surface area contributed by atoms with Gasteiger partial charge in [0.15, 0.2) is 5.65 Å². The second kappa shape index (κ2) is 6.66. The number of anilines is 1. The number of benzene rings is 1. The predicted molar refractivity (Wildman–Crippen MR) is 113 cm³/mol. The van der Waals surface area contributed by atoms with Crippen LogP contribution in [-0.2, 0) is 14.8 Å². The summed E-state index contributed by atoms with van der Waals surface area (Å²) in [6, 6.07) is 8.82. The summed E-state index contributed by atoms with van der Waals surface area (Å²) in [6.07, 6.45) is 5.15. The first-order valence-electron chi connectivity index (χ1n) is 9.76. The van der Waals surface area contributed by atoms with Crippen LogP contribution < -0.4 is 4.90 Å². The highest BCUT2D eigenvalue weighted by Crippen LogP contribution is 2.41. The van der Waals surface area contributed by atoms with E-state index in [4.69, 9.17) is 0 Å². The van der Waals surface area contributed by atoms with Crippen molar-refractivity contribution >= 4 is 32.8 Å². The maximum Gasteiger partial charge on any atom is 0.269 e. The van der Waals surface area contributed by atoms with E-state index >= 15 is 0 Å². The van der Waals surface area contributed by atoms with Gasteiger partial charge in [0.25, 0.3) is 10.0 Å². The third kappa shape index (κ3) is 2.80. The van der Waals surface area contributed by atoms with Crippen LogP contribution in [0, 0.1) is 6.92 Å². The molecule has 2 aliphatic rings. The largest absolute Gasteiger partial charge is 0.349 e. The molecule has 1 aromatic carbocycles. The van der Waals surface area contributed by atoms with Crippen molar-refractivity contribution in [3.63, 3.8) is 0 Å². The van der Waals surface area contributed by atoms with Crippen LogP contribution in [0.4, 0.5) is 5.82 Å². The number of piperazine rings is 1. The van der Waals surface area contributed by atoms with Gasteiger partial charge in [-0.2, -0.15) is 0 Å². The highest BCUT2D eigenvalue weighted by molar-refractivity contribution is 7.90. The SMILES string of the molecule is C=CC(=O)N1CCN(c2ncnc3c2ccn3S(=O)(=O)c2ccc(C)cc2)C2CC21. The molecule has 3 aromatic rings. The molecule has 2 atom stereocenters. The normalized spacial score (nSPS) is 20.8. The van der Waals surface area contributed by atoms with Crippen molar-refractivity contribution in [2.75, 3.05) is 18.0 Å². The Morgan fingerprint density at radius 2 is 1.90 bits per heavy atom. The maximum absolute atomic E-state index is 13.2. The Kier molecular flexibility index (Phi) is 4.18. The number of carbonyl (C=O) groups is 1. The van der Waals surface area contributed by atoms with E-state index in [-0.39, 0.29) is 22.9 Å². The number of fused-ring (bicyclic) bond motifs is 2. The standard InChI is InChI=1S/C21H21N5O3S/c1-3-19(27)24-10-11-25(18-12-17(18)24)20-16-8-9-26(21(16)23-13-22-20)30(28,29)15-6-4-14(2)5-7-15/h3-9,13,17-18H,1,10-12H2,2H3. The molecule has 1 amide bonds. The van der Waals surface area contributed by atoms with Gasteiger partial charge in [-0.3, -0.25) is 4.79 Å². The van der Waals surface area contributed by atoms with Crippen LogP contribution in [0.2, 0.25) is 0 Å². The molecular weight excluding hydrogens is 402 g/mol. The summed E-state index contributed by atoms with van der Waals surface area (Å²) in [6.45, 7) is 6.70. The lowest BCUT2D eigenvalue weighted by molar-refractivity contribution is -0.126. The fourth-order valence-corrected chi connectivity index (χ4v) is 5.50. The lowest BCUT2D eigenvalue weighted by Gasteiger charge is -2.34. The Morgan fingerprint density at radius 3 is 2.63 bits per heavy atom. The van der Waals surface area contributed by atoms with Gasteiger partial charge >= 0.3 is 0 Å². The van der Waals surface area contributed by atoms with Gasteiger partial charge in [0.05, 0.1) is 22.4 Å². The van der Waals surface area contributed by atoms with Crippen LogP contribution in [0.3, 0.4) is 0 Å². The van der Waals surface area contributed by atoms with Gasteiger partial charge < -0.3 is 9.80 Å². The van der Waals surface area contributed by atoms with E-state index in [1.54, 1.807) is 30.3 Å². The van der Waals surface area contributed by atoms with Crippen molar-refractivity contribution in [1.29, 1.82) is 0 Å². The van der Waals surface area contributed by atoms with Crippen molar-refractivity contribution in [1.82, 2.24) is 18.8 Å². The third-order valence-electron chi connectivity index (χ3n) is 5.84. The van der Waals surface area contributed by atoms with Crippen LogP contribution in [-0.4, -0.2) is 58.3 Å². The number of carbonyl (C=O) groups excluding carboxylic acids is 1. The number of aromatic nitrogens is 3. The molecule has 3 heterocycles. The molecule has 154 valence electrons. The zero-order valence-corrected chi connectivity index (χ0v) is 17.3. The van der Waals surface area contributed by atoms with Gasteiger partial charge in [0.2, 0.25) is 5.91 Å². The summed E-state index contributed by atoms with van der Waals surface area (Å²) in [7, 11) is -3.77. The van der Waals surface area contributed by atoms with E-state index in [2.05, 4.69) is 21.4 Å². The summed E-state index contributed by atoms with van der Waals surface area (Å²) < 4.78 is 27.5. The minimum Gasteiger partial charge on any atom is -0.349 e. The van der Waals surface area contributed by atoms with E-state index in [1.807, 2.05) is 11.8 Å². The average molecular weight is 423 g/mol. The van der Waals surface area contributed by atoms with E-state index in [0.29, 0.717) is 29.9 Å². The van der Waals surface area contributed by atoms with Crippen LogP contribution in [0.5, 0.6) is 0 Å². The van der Waals surface area contributed by atoms with Crippen molar-refractivity contribution < 1.29 is 13.2 Å². The summed E-state index contributed by atoms with van der Waals surface area (Å²) in [5, 5.41) is 0.683. The molecule has 30 heavy (non-hydrogen) atoms. The first-order valence-corrected chi connectivity index (χ1v) is 11.2. The monoisotopic (exact) mass is 423 g/mol. The zero-order chi connectivity index (χ0) is 21.0. The third-order valence-corrected chi connectivity index (χ3v) is 7.52. The maximum atomic E-state index is 13.2. The summed E-state index contributed by atoms with van der Waals surface area (Å²) in [5.41, 5.74) is 1.34. The minimum atomic E-state index is -3.77. The molecule has 8 nitrogen and oxygen atoms in total. The summed E-state index contributed by atoms with van der Waals surface area (Å²) in [5.74, 6) is 0.654. The highest BCUT2D eigenvalue weighted by Gasteiger charge is 2.51. The Hall–Kier alpha value is -3.20. The molecule has 2 fully saturated rings. The molecule has 9 heteroatoms. The Morgan fingerprint density at radius 1 is 1.13 bits per heavy atom. The molecule has 0 bridgehead atoms. The fourth-order valence-electron chi connectivity index (χ4n) is 4.20. The molecule has 1 aliphatic heterocycles. The molecule has 0 radical (unpaired) electrons. The minimum absolute atomic E-state index is 0.0506. The van der Waals surface area contributed by atoms with Gasteiger partial charge in [-0.1, -0.05) is 24.3 Å². The van der Waals surface area contributed by atoms with Gasteiger partial charge in [0, 0.05) is 19.3 Å². The van der Waals surface area contributed by atoms with E-state index in [1.165, 1.54) is 22.6 Å². The Labute approximate surface area is 174 Å². The fraction of sp³-hybridized carbons (Fsp3) is 0.286. The van der Waals surface area contributed by atoms with Crippen molar-refractivity contribution in [2.45, 2.75) is 30.3 Å². The lowest BCUT2D eigenvalue weighted by atomic mass is 10.2. The highest BCUT2D eigenvalue weighted by atomic mass is 32.2. The van der Waals surface area contributed by atoms with Crippen LogP contribution in [0.1, 0.15) is 12.0 Å². The number of aryl methyl sites for hydroxylation is 1. The summed E-state index contributed by atoms with van der Waals surface area (Å²) >= 11 is 0. The molecule has 2 unspecified atom stereocenters. The number of nitrogens with zero attached hydrogens (tertiary/aromatic N) is 5. The van der Waals surface area contributed by atoms with Crippen LogP contribution >= 0.6 is 0 Å². The molecule has 1 saturated carbocycles. The smallest absolute Gasteiger partial charge is 0.269 e. The van der Waals surface area contributed by atoms with Crippen molar-refractivity contribution in [3.8, 4) is 0 Å². The number of hydrogen-bond donors (Lipinski definition) is 0. The molecule has 1 aliphatic carbocycles. The number of rotatable bonds is 4. The first kappa shape index (κ1) is 18.8. The van der Waals surface area contributed by atoms with E-state index in [9.17, 15) is 13.2 Å².